The summed E-state index contributed by atoms with van der Waals surface area (Å²) in [6.07, 6.45) is 8.13. The molecule has 1 aromatic heterocycles. The van der Waals surface area contributed by atoms with Gasteiger partial charge < -0.3 is 30.1 Å². The molecule has 1 aliphatic heterocycles. The van der Waals surface area contributed by atoms with E-state index in [0.29, 0.717) is 38.4 Å². The molecule has 2 heterocycles. The molecule has 1 fully saturated rings. The van der Waals surface area contributed by atoms with E-state index in [4.69, 9.17) is 9.47 Å². The van der Waals surface area contributed by atoms with E-state index in [1.165, 1.54) is 0 Å². The molecule has 9 nitrogen and oxygen atoms in total. The number of anilines is 1. The standard InChI is InChI=1S/C31H40N4O5/c1-4-6-14-25(5-2)28(18-31(37)38)34-30(36)22-40-27-17-26(19-33-29-15-10-11-16-32-29)35(20-27)23(3)39-21-24-12-8-7-9-13-24/h4,6-16,26-28H,3,5,17-22H2,1-2H3,(H,32,33)(H,34,36)(H,37,38)/b6-4-,25-14+/t26-,27+,28-/m0/s1. The number of aromatic nitrogens is 1. The number of hydrogen-bond donors (Lipinski definition) is 3. The SMILES string of the molecule is C=C(OCc1ccccc1)N1C[C@H](OCC(=O)N[C@@H](CC(=O)O)/C(=C/C=C\C)CC)C[C@H]1CNc1ccccn1. The van der Waals surface area contributed by atoms with Crippen LogP contribution in [0.2, 0.25) is 0 Å². The smallest absolute Gasteiger partial charge is 0.305 e. The highest BCUT2D eigenvalue weighted by Crippen LogP contribution is 2.26. The molecule has 0 radical (unpaired) electrons. The highest BCUT2D eigenvalue weighted by atomic mass is 16.5. The van der Waals surface area contributed by atoms with E-state index in [9.17, 15) is 14.7 Å². The minimum Gasteiger partial charge on any atom is -0.481 e. The van der Waals surface area contributed by atoms with Gasteiger partial charge in [0.05, 0.1) is 24.6 Å². The van der Waals surface area contributed by atoms with Crippen molar-refractivity contribution in [3.05, 3.63) is 96.6 Å². The first-order valence-corrected chi connectivity index (χ1v) is 13.6. The molecule has 0 aliphatic carbocycles. The van der Waals surface area contributed by atoms with Gasteiger partial charge in [0.25, 0.3) is 0 Å². The van der Waals surface area contributed by atoms with Crippen LogP contribution in [0.15, 0.2) is 91.0 Å². The second-order valence-electron chi connectivity index (χ2n) is 9.58. The van der Waals surface area contributed by atoms with E-state index in [1.807, 2.05) is 80.6 Å². The highest BCUT2D eigenvalue weighted by molar-refractivity contribution is 5.79. The summed E-state index contributed by atoms with van der Waals surface area (Å²) in [6, 6.07) is 15.0. The Morgan fingerprint density at radius 2 is 2.00 bits per heavy atom. The number of nitrogens with one attached hydrogen (secondary N) is 2. The first kappa shape index (κ1) is 30.4. The second kappa shape index (κ2) is 16.1. The van der Waals surface area contributed by atoms with Crippen LogP contribution in [-0.2, 0) is 25.7 Å². The number of hydrogen-bond acceptors (Lipinski definition) is 7. The molecule has 1 saturated heterocycles. The average Bonchev–Trinajstić information content (AvgIpc) is 3.38. The molecule has 2 aromatic rings. The van der Waals surface area contributed by atoms with Crippen LogP contribution in [-0.4, -0.2) is 64.8 Å². The third-order valence-corrected chi connectivity index (χ3v) is 6.65. The number of benzene rings is 1. The van der Waals surface area contributed by atoms with Crippen LogP contribution in [0.5, 0.6) is 0 Å². The van der Waals surface area contributed by atoms with Crippen molar-refractivity contribution in [2.24, 2.45) is 0 Å². The van der Waals surface area contributed by atoms with E-state index in [2.05, 4.69) is 27.1 Å². The summed E-state index contributed by atoms with van der Waals surface area (Å²) in [6.45, 7) is 9.31. The molecule has 214 valence electrons. The molecule has 1 amide bonds. The van der Waals surface area contributed by atoms with E-state index in [-0.39, 0.29) is 31.1 Å². The third kappa shape index (κ3) is 9.89. The van der Waals surface area contributed by atoms with E-state index >= 15 is 0 Å². The van der Waals surface area contributed by atoms with E-state index in [1.54, 1.807) is 6.20 Å². The minimum atomic E-state index is -0.977. The van der Waals surface area contributed by atoms with Crippen molar-refractivity contribution in [1.82, 2.24) is 15.2 Å². The first-order valence-electron chi connectivity index (χ1n) is 13.6. The van der Waals surface area contributed by atoms with Gasteiger partial charge in [-0.15, -0.1) is 0 Å². The largest absolute Gasteiger partial charge is 0.481 e. The lowest BCUT2D eigenvalue weighted by atomic mass is 10.0. The van der Waals surface area contributed by atoms with Crippen molar-refractivity contribution in [1.29, 1.82) is 0 Å². The molecule has 9 heteroatoms. The van der Waals surface area contributed by atoms with Gasteiger partial charge in [0.15, 0.2) is 5.88 Å². The summed E-state index contributed by atoms with van der Waals surface area (Å²) in [5.74, 6) is -0.0266. The molecule has 0 saturated carbocycles. The van der Waals surface area contributed by atoms with Crippen LogP contribution in [0.25, 0.3) is 0 Å². The molecule has 40 heavy (non-hydrogen) atoms. The Kier molecular flexibility index (Phi) is 12.2. The maximum absolute atomic E-state index is 12.8. The monoisotopic (exact) mass is 548 g/mol. The van der Waals surface area contributed by atoms with Crippen molar-refractivity contribution in [2.75, 3.05) is 25.0 Å². The van der Waals surface area contributed by atoms with E-state index in [0.717, 1.165) is 17.0 Å². The normalized spacial score (nSPS) is 17.9. The molecule has 3 N–H and O–H groups in total. The van der Waals surface area contributed by atoms with Crippen molar-refractivity contribution in [2.45, 2.75) is 57.9 Å². The van der Waals surface area contributed by atoms with Crippen LogP contribution in [0.1, 0.15) is 38.7 Å². The number of carbonyl (C=O) groups excluding carboxylic acids is 1. The number of carboxylic acid groups (broad SMARTS) is 1. The lowest BCUT2D eigenvalue weighted by molar-refractivity contribution is -0.137. The minimum absolute atomic E-state index is 0.00792. The lowest BCUT2D eigenvalue weighted by Gasteiger charge is -2.28. The Labute approximate surface area is 236 Å². The van der Waals surface area contributed by atoms with Gasteiger partial charge in [-0.05, 0) is 49.6 Å². The number of nitrogens with zero attached hydrogens (tertiary/aromatic N) is 2. The Hall–Kier alpha value is -4.11. The zero-order valence-electron chi connectivity index (χ0n) is 23.3. The third-order valence-electron chi connectivity index (χ3n) is 6.65. The van der Waals surface area contributed by atoms with Gasteiger partial charge in [0.2, 0.25) is 5.91 Å². The Morgan fingerprint density at radius 3 is 2.67 bits per heavy atom. The molecular weight excluding hydrogens is 508 g/mol. The van der Waals surface area contributed by atoms with E-state index < -0.39 is 12.0 Å². The number of carbonyl (C=O) groups is 2. The zero-order chi connectivity index (χ0) is 28.7. The Bertz CT molecular complexity index is 1150. The second-order valence-corrected chi connectivity index (χ2v) is 9.58. The van der Waals surface area contributed by atoms with Gasteiger partial charge in [-0.1, -0.05) is 61.5 Å². The molecule has 3 atom stereocenters. The lowest BCUT2D eigenvalue weighted by Crippen LogP contribution is -2.40. The van der Waals surface area contributed by atoms with Gasteiger partial charge in [-0.2, -0.15) is 0 Å². The number of aliphatic carboxylic acids is 1. The van der Waals surface area contributed by atoms with Crippen molar-refractivity contribution < 1.29 is 24.2 Å². The number of ether oxygens (including phenoxy) is 2. The number of likely N-dealkylation sites (tertiary alicyclic amines) is 1. The number of allylic oxidation sites excluding steroid dienone is 3. The molecule has 0 bridgehead atoms. The topological polar surface area (TPSA) is 113 Å². The van der Waals surface area contributed by atoms with Crippen LogP contribution >= 0.6 is 0 Å². The van der Waals surface area contributed by atoms with Crippen molar-refractivity contribution in [3.8, 4) is 0 Å². The Balaban J connectivity index is 1.60. The van der Waals surface area contributed by atoms with Crippen molar-refractivity contribution >= 4 is 17.7 Å². The molecule has 0 spiro atoms. The predicted octanol–water partition coefficient (Wildman–Crippen LogP) is 4.51. The van der Waals surface area contributed by atoms with Gasteiger partial charge in [-0.25, -0.2) is 4.98 Å². The summed E-state index contributed by atoms with van der Waals surface area (Å²) >= 11 is 0. The zero-order valence-corrected chi connectivity index (χ0v) is 23.3. The summed E-state index contributed by atoms with van der Waals surface area (Å²) < 4.78 is 12.0. The summed E-state index contributed by atoms with van der Waals surface area (Å²) in [7, 11) is 0. The first-order chi connectivity index (χ1) is 19.4. The van der Waals surface area contributed by atoms with Gasteiger partial charge >= 0.3 is 5.97 Å². The quantitative estimate of drug-likeness (QED) is 0.207. The molecule has 1 aromatic carbocycles. The molecular formula is C31H40N4O5. The fourth-order valence-corrected chi connectivity index (χ4v) is 4.59. The fraction of sp³-hybridized carbons (Fsp3) is 0.387. The van der Waals surface area contributed by atoms with Gasteiger partial charge in [-0.3, -0.25) is 9.59 Å². The molecule has 1 aliphatic rings. The number of rotatable bonds is 16. The van der Waals surface area contributed by atoms with Crippen LogP contribution in [0, 0.1) is 0 Å². The number of amides is 1. The van der Waals surface area contributed by atoms with Gasteiger partial charge in [0.1, 0.15) is 19.0 Å². The Morgan fingerprint density at radius 1 is 1.23 bits per heavy atom. The maximum Gasteiger partial charge on any atom is 0.305 e. The highest BCUT2D eigenvalue weighted by Gasteiger charge is 2.34. The van der Waals surface area contributed by atoms with Crippen LogP contribution in [0.4, 0.5) is 5.82 Å². The van der Waals surface area contributed by atoms with Crippen LogP contribution < -0.4 is 10.6 Å². The summed E-state index contributed by atoms with van der Waals surface area (Å²) in [5.41, 5.74) is 1.88. The van der Waals surface area contributed by atoms with Gasteiger partial charge in [0, 0.05) is 19.3 Å². The number of carboxylic acids is 1. The summed E-state index contributed by atoms with van der Waals surface area (Å²) in [5, 5.41) is 15.6. The predicted molar refractivity (Wildman–Crippen MR) is 155 cm³/mol. The molecule has 3 rings (SSSR count). The number of pyridine rings is 1. The maximum atomic E-state index is 12.8. The average molecular weight is 549 g/mol. The fourth-order valence-electron chi connectivity index (χ4n) is 4.59. The van der Waals surface area contributed by atoms with Crippen molar-refractivity contribution in [3.63, 3.8) is 0 Å². The molecule has 0 unspecified atom stereocenters. The summed E-state index contributed by atoms with van der Waals surface area (Å²) in [4.78, 5) is 30.6. The van der Waals surface area contributed by atoms with Crippen LogP contribution in [0.3, 0.4) is 0 Å².